The number of H-pyrrole nitrogens is 1. The molecule has 19 heavy (non-hydrogen) atoms. The molecule has 1 heterocycles. The molecule has 0 spiro atoms. The Balaban J connectivity index is 2.34. The van der Waals surface area contributed by atoms with Gasteiger partial charge in [-0.05, 0) is 30.5 Å². The van der Waals surface area contributed by atoms with E-state index in [9.17, 15) is 14.7 Å². The number of aliphatic hydroxyl groups is 1. The van der Waals surface area contributed by atoms with Gasteiger partial charge in [0, 0.05) is 16.5 Å². The number of fused-ring (bicyclic) bond motifs is 3. The lowest BCUT2D eigenvalue weighted by Crippen LogP contribution is -2.14. The first-order chi connectivity index (χ1) is 9.13. The van der Waals surface area contributed by atoms with Crippen molar-refractivity contribution in [2.24, 2.45) is 0 Å². The summed E-state index contributed by atoms with van der Waals surface area (Å²) in [5.74, 6) is -1.28. The van der Waals surface area contributed by atoms with E-state index < -0.39 is 5.97 Å². The van der Waals surface area contributed by atoms with Crippen molar-refractivity contribution in [3.8, 4) is 0 Å². The molecule has 0 aliphatic heterocycles. The smallest absolute Gasteiger partial charge is 0.336 e. The predicted molar refractivity (Wildman–Crippen MR) is 68.6 cm³/mol. The number of hydrogen-bond acceptors (Lipinski definition) is 3. The highest BCUT2D eigenvalue weighted by Crippen LogP contribution is 2.33. The van der Waals surface area contributed by atoms with Crippen molar-refractivity contribution in [1.29, 1.82) is 0 Å². The molecule has 3 rings (SSSR count). The number of nitrogens with one attached hydrogen (secondary N) is 1. The number of allylic oxidation sites excluding steroid dienone is 1. The molecule has 1 aromatic carbocycles. The second-order valence-electron chi connectivity index (χ2n) is 4.50. The fraction of sp³-hybridized carbons (Fsp3) is 0.143. The first-order valence-corrected chi connectivity index (χ1v) is 5.88. The molecule has 1 aliphatic carbocycles. The molecule has 5 heteroatoms. The monoisotopic (exact) mass is 257 g/mol. The van der Waals surface area contributed by atoms with Gasteiger partial charge in [0.05, 0.1) is 17.5 Å². The number of benzene rings is 1. The average molecular weight is 257 g/mol. The summed E-state index contributed by atoms with van der Waals surface area (Å²) >= 11 is 0. The molecule has 0 unspecified atom stereocenters. The summed E-state index contributed by atoms with van der Waals surface area (Å²) in [7, 11) is 0. The van der Waals surface area contributed by atoms with Gasteiger partial charge >= 0.3 is 5.97 Å². The molecule has 0 atom stereocenters. The number of carbonyl (C=O) groups is 2. The van der Waals surface area contributed by atoms with Gasteiger partial charge in [-0.25, -0.2) is 4.79 Å². The minimum atomic E-state index is -1.01. The highest BCUT2D eigenvalue weighted by molar-refractivity contribution is 6.15. The fourth-order valence-corrected chi connectivity index (χ4v) is 2.60. The second kappa shape index (κ2) is 3.98. The Bertz CT molecular complexity index is 739. The molecular weight excluding hydrogens is 246 g/mol. The van der Waals surface area contributed by atoms with Crippen molar-refractivity contribution in [3.63, 3.8) is 0 Å². The van der Waals surface area contributed by atoms with E-state index in [2.05, 4.69) is 4.98 Å². The van der Waals surface area contributed by atoms with Crippen LogP contribution in [0, 0.1) is 0 Å². The third-order valence-corrected chi connectivity index (χ3v) is 3.48. The Morgan fingerprint density at radius 3 is 2.79 bits per heavy atom. The number of aryl methyl sites for hydroxylation is 1. The molecule has 2 aromatic rings. The molecule has 0 saturated heterocycles. The maximum atomic E-state index is 12.1. The maximum absolute atomic E-state index is 12.1. The van der Waals surface area contributed by atoms with Gasteiger partial charge in [0.2, 0.25) is 5.78 Å². The van der Waals surface area contributed by atoms with E-state index in [1.54, 1.807) is 12.1 Å². The number of aromatic carboxylic acids is 1. The van der Waals surface area contributed by atoms with Gasteiger partial charge in [0.25, 0.3) is 0 Å². The van der Waals surface area contributed by atoms with Crippen LogP contribution in [0.15, 0.2) is 30.0 Å². The van der Waals surface area contributed by atoms with Gasteiger partial charge in [0.15, 0.2) is 0 Å². The number of ketones is 1. The molecule has 0 saturated carbocycles. The van der Waals surface area contributed by atoms with E-state index in [1.807, 2.05) is 0 Å². The SMILES string of the molecule is O=C1C(=CO)CCc2c1[nH]c1cccc(C(=O)O)c21. The molecule has 0 amide bonds. The van der Waals surface area contributed by atoms with Crippen LogP contribution in [0.3, 0.4) is 0 Å². The maximum Gasteiger partial charge on any atom is 0.336 e. The van der Waals surface area contributed by atoms with E-state index in [0.717, 1.165) is 11.8 Å². The molecular formula is C14H11NO4. The van der Waals surface area contributed by atoms with E-state index in [4.69, 9.17) is 5.11 Å². The van der Waals surface area contributed by atoms with Gasteiger partial charge in [-0.1, -0.05) is 6.07 Å². The Labute approximate surface area is 108 Å². The number of carboxylic acids is 1. The quantitative estimate of drug-likeness (QED) is 0.540. The Hall–Kier alpha value is -2.56. The fourth-order valence-electron chi connectivity index (χ4n) is 2.60. The number of rotatable bonds is 1. The first-order valence-electron chi connectivity index (χ1n) is 5.88. The summed E-state index contributed by atoms with van der Waals surface area (Å²) in [5.41, 5.74) is 2.28. The molecule has 3 N–H and O–H groups in total. The minimum absolute atomic E-state index is 0.194. The van der Waals surface area contributed by atoms with Crippen molar-refractivity contribution in [3.05, 3.63) is 46.9 Å². The van der Waals surface area contributed by atoms with Crippen LogP contribution in [-0.2, 0) is 6.42 Å². The largest absolute Gasteiger partial charge is 0.515 e. The van der Waals surface area contributed by atoms with Gasteiger partial charge in [-0.2, -0.15) is 0 Å². The van der Waals surface area contributed by atoms with Gasteiger partial charge in [-0.3, -0.25) is 4.79 Å². The molecule has 5 nitrogen and oxygen atoms in total. The van der Waals surface area contributed by atoms with E-state index >= 15 is 0 Å². The van der Waals surface area contributed by atoms with Gasteiger partial charge < -0.3 is 15.2 Å². The molecule has 0 fully saturated rings. The van der Waals surface area contributed by atoms with Crippen LogP contribution in [-0.4, -0.2) is 26.9 Å². The number of hydrogen-bond donors (Lipinski definition) is 3. The number of carbonyl (C=O) groups excluding carboxylic acids is 1. The third-order valence-electron chi connectivity index (χ3n) is 3.48. The van der Waals surface area contributed by atoms with Crippen LogP contribution >= 0.6 is 0 Å². The van der Waals surface area contributed by atoms with Crippen LogP contribution < -0.4 is 0 Å². The highest BCUT2D eigenvalue weighted by Gasteiger charge is 2.27. The van der Waals surface area contributed by atoms with Crippen LogP contribution in [0.1, 0.15) is 32.8 Å². The lowest BCUT2D eigenvalue weighted by atomic mass is 9.90. The standard InChI is InChI=1S/C14H11NO4/c16-6-7-4-5-8-11-9(14(18)19)2-1-3-10(11)15-12(8)13(7)17/h1-3,6,15-16H,4-5H2,(H,18,19). The molecule has 0 bridgehead atoms. The minimum Gasteiger partial charge on any atom is -0.515 e. The number of aliphatic hydroxyl groups excluding tert-OH is 1. The lowest BCUT2D eigenvalue weighted by Gasteiger charge is -2.13. The number of carboxylic acid groups (broad SMARTS) is 1. The summed E-state index contributed by atoms with van der Waals surface area (Å²) in [5, 5.41) is 18.8. The van der Waals surface area contributed by atoms with Crippen molar-refractivity contribution >= 4 is 22.7 Å². The highest BCUT2D eigenvalue weighted by atomic mass is 16.4. The Morgan fingerprint density at radius 1 is 1.32 bits per heavy atom. The number of Topliss-reactive ketones (excluding diaryl/α,β-unsaturated/α-hetero) is 1. The average Bonchev–Trinajstić information content (AvgIpc) is 2.78. The molecule has 1 aliphatic rings. The summed E-state index contributed by atoms with van der Waals surface area (Å²) in [6.45, 7) is 0. The number of aromatic amines is 1. The zero-order valence-corrected chi connectivity index (χ0v) is 9.93. The Kier molecular flexibility index (Phi) is 2.41. The molecule has 1 aromatic heterocycles. The zero-order valence-electron chi connectivity index (χ0n) is 9.93. The van der Waals surface area contributed by atoms with Crippen LogP contribution in [0.4, 0.5) is 0 Å². The summed E-state index contributed by atoms with van der Waals surface area (Å²) in [4.78, 5) is 26.3. The van der Waals surface area contributed by atoms with E-state index in [-0.39, 0.29) is 11.3 Å². The normalized spacial score (nSPS) is 16.8. The van der Waals surface area contributed by atoms with Crippen LogP contribution in [0.2, 0.25) is 0 Å². The van der Waals surface area contributed by atoms with E-state index in [1.165, 1.54) is 6.07 Å². The summed E-state index contributed by atoms with van der Waals surface area (Å²) in [6, 6.07) is 4.91. The Morgan fingerprint density at radius 2 is 2.11 bits per heavy atom. The topological polar surface area (TPSA) is 90.4 Å². The zero-order chi connectivity index (χ0) is 13.6. The first kappa shape index (κ1) is 11.5. The van der Waals surface area contributed by atoms with Crippen molar-refractivity contribution in [2.75, 3.05) is 0 Å². The van der Waals surface area contributed by atoms with Crippen molar-refractivity contribution in [1.82, 2.24) is 4.98 Å². The third kappa shape index (κ3) is 1.55. The van der Waals surface area contributed by atoms with Crippen LogP contribution in [0.25, 0.3) is 10.9 Å². The lowest BCUT2D eigenvalue weighted by molar-refractivity contribution is 0.0698. The van der Waals surface area contributed by atoms with Gasteiger partial charge in [0.1, 0.15) is 0 Å². The van der Waals surface area contributed by atoms with Crippen molar-refractivity contribution in [2.45, 2.75) is 12.8 Å². The number of aromatic nitrogens is 1. The van der Waals surface area contributed by atoms with Gasteiger partial charge in [-0.15, -0.1) is 0 Å². The van der Waals surface area contributed by atoms with Crippen molar-refractivity contribution < 1.29 is 19.8 Å². The summed E-state index contributed by atoms with van der Waals surface area (Å²) in [6.07, 6.45) is 1.79. The van der Waals surface area contributed by atoms with Crippen LogP contribution in [0.5, 0.6) is 0 Å². The summed E-state index contributed by atoms with van der Waals surface area (Å²) < 4.78 is 0. The predicted octanol–water partition coefficient (Wildman–Crippen LogP) is 2.44. The second-order valence-corrected chi connectivity index (χ2v) is 4.50. The van der Waals surface area contributed by atoms with E-state index in [0.29, 0.717) is 35.0 Å². The molecule has 96 valence electrons. The molecule has 0 radical (unpaired) electrons.